The molecule has 2 aromatic carbocycles. The zero-order valence-electron chi connectivity index (χ0n) is 17.2. The lowest BCUT2D eigenvalue weighted by atomic mass is 10.1. The number of benzene rings is 2. The number of anilines is 2. The van der Waals surface area contributed by atoms with Crippen LogP contribution in [0.5, 0.6) is 11.5 Å². The van der Waals surface area contributed by atoms with Gasteiger partial charge in [-0.3, -0.25) is 10.1 Å². The fourth-order valence-electron chi connectivity index (χ4n) is 2.79. The number of nitro groups is 1. The number of methoxy groups -OCH3 is 1. The topological polar surface area (TPSA) is 103 Å². The van der Waals surface area contributed by atoms with Gasteiger partial charge in [0.1, 0.15) is 16.5 Å². The van der Waals surface area contributed by atoms with E-state index in [1.54, 1.807) is 30.3 Å². The van der Waals surface area contributed by atoms with Gasteiger partial charge in [0, 0.05) is 22.0 Å². The summed E-state index contributed by atoms with van der Waals surface area (Å²) < 4.78 is 10.6. The first kappa shape index (κ1) is 23.5. The van der Waals surface area contributed by atoms with Crippen molar-refractivity contribution >= 4 is 62.6 Å². The van der Waals surface area contributed by atoms with Crippen LogP contribution < -0.4 is 15.4 Å². The second-order valence-electron chi connectivity index (χ2n) is 6.59. The molecule has 0 spiro atoms. The molecule has 0 fully saturated rings. The highest BCUT2D eigenvalue weighted by Gasteiger charge is 2.21. The standard InChI is InChI=1S/C21H18ClN3O5S2/c1-11-12(2)32-19(18(11)20(26)29-3)24-21(31)23-14-8-15(25(27)28)10-17(9-14)30-16-6-4-13(22)5-7-16/h4-10H,1-3H3,(H2,23,24,31). The van der Waals surface area contributed by atoms with Crippen LogP contribution in [0.25, 0.3) is 0 Å². The van der Waals surface area contributed by atoms with Crippen molar-refractivity contribution in [2.24, 2.45) is 0 Å². The van der Waals surface area contributed by atoms with Gasteiger partial charge in [-0.1, -0.05) is 11.6 Å². The lowest BCUT2D eigenvalue weighted by molar-refractivity contribution is -0.384. The molecule has 0 bridgehead atoms. The Kier molecular flexibility index (Phi) is 7.29. The first-order chi connectivity index (χ1) is 15.2. The van der Waals surface area contributed by atoms with E-state index in [-0.39, 0.29) is 16.5 Å². The van der Waals surface area contributed by atoms with Crippen molar-refractivity contribution in [1.82, 2.24) is 0 Å². The summed E-state index contributed by atoms with van der Waals surface area (Å²) in [5.41, 5.74) is 1.34. The molecule has 0 saturated heterocycles. The molecule has 3 rings (SSSR count). The van der Waals surface area contributed by atoms with E-state index in [1.807, 2.05) is 13.8 Å². The van der Waals surface area contributed by atoms with Gasteiger partial charge in [-0.05, 0) is 55.9 Å². The van der Waals surface area contributed by atoms with Crippen molar-refractivity contribution in [3.63, 3.8) is 0 Å². The van der Waals surface area contributed by atoms with E-state index >= 15 is 0 Å². The van der Waals surface area contributed by atoms with Gasteiger partial charge in [0.25, 0.3) is 5.69 Å². The number of carbonyl (C=O) groups excluding carboxylic acids is 1. The molecule has 8 nitrogen and oxygen atoms in total. The summed E-state index contributed by atoms with van der Waals surface area (Å²) in [6, 6.07) is 10.8. The van der Waals surface area contributed by atoms with Crippen molar-refractivity contribution in [3.8, 4) is 11.5 Å². The van der Waals surface area contributed by atoms with E-state index in [0.717, 1.165) is 10.4 Å². The highest BCUT2D eigenvalue weighted by atomic mass is 35.5. The third-order valence-electron chi connectivity index (χ3n) is 4.41. The van der Waals surface area contributed by atoms with Crippen LogP contribution in [0.2, 0.25) is 5.02 Å². The van der Waals surface area contributed by atoms with Crippen LogP contribution in [0, 0.1) is 24.0 Å². The van der Waals surface area contributed by atoms with Crippen LogP contribution in [0.15, 0.2) is 42.5 Å². The Balaban J connectivity index is 1.83. The number of nitro benzene ring substituents is 1. The van der Waals surface area contributed by atoms with Crippen LogP contribution in [0.3, 0.4) is 0 Å². The maximum atomic E-state index is 12.1. The summed E-state index contributed by atoms with van der Waals surface area (Å²) in [6.07, 6.45) is 0. The Hall–Kier alpha value is -3.21. The SMILES string of the molecule is COC(=O)c1c(NC(=S)Nc2cc(Oc3ccc(Cl)cc3)cc([N+](=O)[O-])c2)sc(C)c1C. The van der Waals surface area contributed by atoms with Gasteiger partial charge < -0.3 is 20.1 Å². The Labute approximate surface area is 198 Å². The van der Waals surface area contributed by atoms with Crippen molar-refractivity contribution in [1.29, 1.82) is 0 Å². The second kappa shape index (κ2) is 9.94. The zero-order valence-corrected chi connectivity index (χ0v) is 19.6. The molecular weight excluding hydrogens is 474 g/mol. The maximum absolute atomic E-state index is 12.1. The number of non-ortho nitro benzene ring substituents is 1. The number of esters is 1. The van der Waals surface area contributed by atoms with Gasteiger partial charge in [0.05, 0.1) is 29.4 Å². The van der Waals surface area contributed by atoms with Crippen LogP contribution in [-0.4, -0.2) is 23.1 Å². The molecule has 11 heteroatoms. The summed E-state index contributed by atoms with van der Waals surface area (Å²) in [4.78, 5) is 23.9. The molecule has 166 valence electrons. The highest BCUT2D eigenvalue weighted by molar-refractivity contribution is 7.80. The molecule has 32 heavy (non-hydrogen) atoms. The van der Waals surface area contributed by atoms with Crippen LogP contribution in [0.4, 0.5) is 16.4 Å². The summed E-state index contributed by atoms with van der Waals surface area (Å²) >= 11 is 12.6. The molecule has 0 atom stereocenters. The van der Waals surface area contributed by atoms with Crippen LogP contribution in [0.1, 0.15) is 20.8 Å². The summed E-state index contributed by atoms with van der Waals surface area (Å²) in [7, 11) is 1.31. The second-order valence-corrected chi connectivity index (χ2v) is 8.66. The first-order valence-electron chi connectivity index (χ1n) is 9.17. The van der Waals surface area contributed by atoms with Crippen molar-refractivity contribution < 1.29 is 19.2 Å². The molecule has 1 heterocycles. The average molecular weight is 492 g/mol. The fraction of sp³-hybridized carbons (Fsp3) is 0.143. The van der Waals surface area contributed by atoms with E-state index in [0.29, 0.717) is 27.0 Å². The number of rotatable bonds is 6. The Morgan fingerprint density at radius 1 is 1.12 bits per heavy atom. The minimum absolute atomic E-state index is 0.148. The van der Waals surface area contributed by atoms with E-state index < -0.39 is 10.9 Å². The highest BCUT2D eigenvalue weighted by Crippen LogP contribution is 2.34. The predicted molar refractivity (Wildman–Crippen MR) is 130 cm³/mol. The minimum atomic E-state index is -0.530. The van der Waals surface area contributed by atoms with Crippen molar-refractivity contribution in [3.05, 3.63) is 73.6 Å². The number of hydrogen-bond donors (Lipinski definition) is 2. The third-order valence-corrected chi connectivity index (χ3v) is 5.99. The quantitative estimate of drug-likeness (QED) is 0.179. The van der Waals surface area contributed by atoms with Gasteiger partial charge in [-0.15, -0.1) is 11.3 Å². The summed E-state index contributed by atoms with van der Waals surface area (Å²) in [5, 5.41) is 18.5. The van der Waals surface area contributed by atoms with E-state index in [4.69, 9.17) is 33.3 Å². The monoisotopic (exact) mass is 491 g/mol. The van der Waals surface area contributed by atoms with Gasteiger partial charge in [-0.2, -0.15) is 0 Å². The molecule has 1 aromatic heterocycles. The lowest BCUT2D eigenvalue weighted by Crippen LogP contribution is -2.20. The molecule has 2 N–H and O–H groups in total. The van der Waals surface area contributed by atoms with Crippen molar-refractivity contribution in [2.45, 2.75) is 13.8 Å². The Morgan fingerprint density at radius 2 is 1.81 bits per heavy atom. The Bertz CT molecular complexity index is 1190. The van der Waals surface area contributed by atoms with Gasteiger partial charge in [0.15, 0.2) is 5.11 Å². The predicted octanol–water partition coefficient (Wildman–Crippen LogP) is 6.31. The number of halogens is 1. The first-order valence-corrected chi connectivity index (χ1v) is 10.8. The normalized spacial score (nSPS) is 10.4. The molecule has 3 aromatic rings. The number of nitrogens with one attached hydrogen (secondary N) is 2. The number of nitrogens with zero attached hydrogens (tertiary/aromatic N) is 1. The van der Waals surface area contributed by atoms with Crippen LogP contribution in [-0.2, 0) is 4.74 Å². The minimum Gasteiger partial charge on any atom is -0.465 e. The molecule has 0 aliphatic carbocycles. The molecule has 0 saturated carbocycles. The number of thiophene rings is 1. The van der Waals surface area contributed by atoms with Gasteiger partial charge in [0.2, 0.25) is 0 Å². The number of hydrogen-bond acceptors (Lipinski definition) is 7. The molecule has 0 aliphatic heterocycles. The van der Waals surface area contributed by atoms with E-state index in [9.17, 15) is 14.9 Å². The van der Waals surface area contributed by atoms with E-state index in [2.05, 4.69) is 10.6 Å². The summed E-state index contributed by atoms with van der Waals surface area (Å²) in [6.45, 7) is 3.70. The van der Waals surface area contributed by atoms with Crippen molar-refractivity contribution in [2.75, 3.05) is 17.7 Å². The smallest absolute Gasteiger partial charge is 0.341 e. The molecular formula is C21H18ClN3O5S2. The zero-order chi connectivity index (χ0) is 23.4. The molecule has 0 unspecified atom stereocenters. The summed E-state index contributed by atoms with van der Waals surface area (Å²) in [5.74, 6) is 0.227. The largest absolute Gasteiger partial charge is 0.465 e. The Morgan fingerprint density at radius 3 is 2.44 bits per heavy atom. The maximum Gasteiger partial charge on any atom is 0.341 e. The van der Waals surface area contributed by atoms with Crippen LogP contribution >= 0.6 is 35.2 Å². The van der Waals surface area contributed by atoms with E-state index in [1.165, 1.54) is 30.6 Å². The average Bonchev–Trinajstić information content (AvgIpc) is 3.01. The molecule has 0 amide bonds. The number of ether oxygens (including phenoxy) is 2. The number of carbonyl (C=O) groups is 1. The number of thiocarbonyl (C=S) groups is 1. The number of aryl methyl sites for hydroxylation is 1. The lowest BCUT2D eigenvalue weighted by Gasteiger charge is -2.12. The third kappa shape index (κ3) is 5.52. The molecule has 0 aliphatic rings. The molecule has 0 radical (unpaired) electrons. The van der Waals surface area contributed by atoms with Gasteiger partial charge >= 0.3 is 5.97 Å². The fourth-order valence-corrected chi connectivity index (χ4v) is 4.25. The van der Waals surface area contributed by atoms with Gasteiger partial charge in [-0.25, -0.2) is 4.79 Å².